The molecular formula is C14H17NO4. The average molecular weight is 263 g/mol. The second-order valence-corrected chi connectivity index (χ2v) is 4.80. The van der Waals surface area contributed by atoms with E-state index in [2.05, 4.69) is 0 Å². The molecule has 1 N–H and O–H groups in total. The minimum Gasteiger partial charge on any atom is -0.495 e. The quantitative estimate of drug-likeness (QED) is 0.904. The second kappa shape index (κ2) is 4.91. The fraction of sp³-hybridized carbons (Fsp3) is 0.429. The Kier molecular flexibility index (Phi) is 3.46. The van der Waals surface area contributed by atoms with Crippen LogP contribution < -0.4 is 9.64 Å². The summed E-state index contributed by atoms with van der Waals surface area (Å²) in [6.45, 7) is 1.93. The summed E-state index contributed by atoms with van der Waals surface area (Å²) in [6, 6.07) is 3.71. The fourth-order valence-corrected chi connectivity index (χ4v) is 2.67. The molecule has 1 amide bonds. The molecule has 0 aromatic heterocycles. The van der Waals surface area contributed by atoms with Crippen molar-refractivity contribution in [2.75, 3.05) is 19.1 Å². The van der Waals surface area contributed by atoms with Gasteiger partial charge in [0, 0.05) is 19.4 Å². The van der Waals surface area contributed by atoms with Crippen molar-refractivity contribution in [3.63, 3.8) is 0 Å². The van der Waals surface area contributed by atoms with Gasteiger partial charge in [0.15, 0.2) is 0 Å². The highest BCUT2D eigenvalue weighted by molar-refractivity contribution is 5.99. The molecule has 0 bridgehead atoms. The number of anilines is 1. The maximum Gasteiger partial charge on any atom is 0.303 e. The molecule has 5 heteroatoms. The molecule has 0 radical (unpaired) electrons. The van der Waals surface area contributed by atoms with Crippen LogP contribution in [-0.2, 0) is 9.59 Å². The van der Waals surface area contributed by atoms with Gasteiger partial charge in [-0.3, -0.25) is 9.59 Å². The van der Waals surface area contributed by atoms with E-state index in [-0.39, 0.29) is 24.7 Å². The number of aryl methyl sites for hydroxylation is 1. The Bertz CT molecular complexity index is 538. The smallest absolute Gasteiger partial charge is 0.303 e. The van der Waals surface area contributed by atoms with Gasteiger partial charge in [0.05, 0.1) is 19.2 Å². The van der Waals surface area contributed by atoms with E-state index in [1.807, 2.05) is 13.0 Å². The summed E-state index contributed by atoms with van der Waals surface area (Å²) in [6.07, 6.45) is 0.185. The van der Waals surface area contributed by atoms with Crippen LogP contribution >= 0.6 is 0 Å². The summed E-state index contributed by atoms with van der Waals surface area (Å²) in [5.74, 6) is -0.656. The molecular weight excluding hydrogens is 246 g/mol. The number of methoxy groups -OCH3 is 1. The Hall–Kier alpha value is -2.04. The number of carboxylic acids is 1. The van der Waals surface area contributed by atoms with Gasteiger partial charge in [-0.1, -0.05) is 6.07 Å². The molecule has 0 saturated heterocycles. The minimum absolute atomic E-state index is 0.0411. The molecule has 0 fully saturated rings. The highest BCUT2D eigenvalue weighted by atomic mass is 16.5. The number of nitrogens with zero attached hydrogens (tertiary/aromatic N) is 1. The second-order valence-electron chi connectivity index (χ2n) is 4.80. The number of carbonyl (C=O) groups excluding carboxylic acids is 1. The largest absolute Gasteiger partial charge is 0.495 e. The lowest BCUT2D eigenvalue weighted by Gasteiger charge is -2.33. The van der Waals surface area contributed by atoms with Crippen LogP contribution in [0, 0.1) is 6.92 Å². The summed E-state index contributed by atoms with van der Waals surface area (Å²) in [5.41, 5.74) is 2.59. The van der Waals surface area contributed by atoms with Crippen LogP contribution in [0.5, 0.6) is 5.75 Å². The topological polar surface area (TPSA) is 66.8 Å². The predicted octanol–water partition coefficient (Wildman–Crippen LogP) is 1.93. The normalized spacial score (nSPS) is 18.2. The lowest BCUT2D eigenvalue weighted by molar-refractivity contribution is -0.137. The van der Waals surface area contributed by atoms with Crippen LogP contribution in [0.1, 0.15) is 29.9 Å². The summed E-state index contributed by atoms with van der Waals surface area (Å²) < 4.78 is 5.30. The number of hydrogen-bond donors (Lipinski definition) is 1. The Morgan fingerprint density at radius 3 is 2.79 bits per heavy atom. The molecule has 19 heavy (non-hydrogen) atoms. The van der Waals surface area contributed by atoms with Gasteiger partial charge in [-0.05, 0) is 24.1 Å². The number of benzene rings is 1. The summed E-state index contributed by atoms with van der Waals surface area (Å²) >= 11 is 0. The molecule has 1 aromatic rings. The van der Waals surface area contributed by atoms with Gasteiger partial charge in [-0.25, -0.2) is 0 Å². The molecule has 1 atom stereocenters. The third-order valence-corrected chi connectivity index (χ3v) is 3.58. The number of ether oxygens (including phenoxy) is 1. The van der Waals surface area contributed by atoms with E-state index in [1.54, 1.807) is 25.1 Å². The van der Waals surface area contributed by atoms with Crippen LogP contribution in [0.3, 0.4) is 0 Å². The van der Waals surface area contributed by atoms with Gasteiger partial charge in [-0.2, -0.15) is 0 Å². The van der Waals surface area contributed by atoms with Gasteiger partial charge in [0.1, 0.15) is 5.75 Å². The molecule has 0 saturated carbocycles. The molecule has 1 aromatic carbocycles. The van der Waals surface area contributed by atoms with Crippen LogP contribution in [0.25, 0.3) is 0 Å². The minimum atomic E-state index is -0.893. The summed E-state index contributed by atoms with van der Waals surface area (Å²) in [7, 11) is 3.24. The Labute approximate surface area is 111 Å². The molecule has 5 nitrogen and oxygen atoms in total. The van der Waals surface area contributed by atoms with E-state index >= 15 is 0 Å². The molecule has 0 spiro atoms. The van der Waals surface area contributed by atoms with E-state index in [9.17, 15) is 9.59 Å². The van der Waals surface area contributed by atoms with Crippen LogP contribution in [-0.4, -0.2) is 31.1 Å². The molecule has 1 aliphatic heterocycles. The van der Waals surface area contributed by atoms with E-state index < -0.39 is 5.97 Å². The molecule has 1 unspecified atom stereocenters. The molecule has 1 heterocycles. The van der Waals surface area contributed by atoms with Crippen molar-refractivity contribution in [2.45, 2.75) is 25.7 Å². The lowest BCUT2D eigenvalue weighted by atomic mass is 9.84. The van der Waals surface area contributed by atoms with Gasteiger partial charge in [0.2, 0.25) is 5.91 Å². The van der Waals surface area contributed by atoms with E-state index in [4.69, 9.17) is 9.84 Å². The van der Waals surface area contributed by atoms with E-state index in [0.29, 0.717) is 11.4 Å². The predicted molar refractivity (Wildman–Crippen MR) is 70.8 cm³/mol. The zero-order valence-corrected chi connectivity index (χ0v) is 11.3. The third-order valence-electron chi connectivity index (χ3n) is 3.58. The maximum atomic E-state index is 12.0. The number of carboxylic acid groups (broad SMARTS) is 1. The number of aliphatic carboxylic acids is 1. The van der Waals surface area contributed by atoms with Gasteiger partial charge in [-0.15, -0.1) is 0 Å². The highest BCUT2D eigenvalue weighted by Crippen LogP contribution is 2.44. The van der Waals surface area contributed by atoms with Crippen molar-refractivity contribution in [3.05, 3.63) is 23.3 Å². The molecule has 1 aliphatic rings. The van der Waals surface area contributed by atoms with Crippen molar-refractivity contribution in [3.8, 4) is 5.75 Å². The standard InChI is InChI=1S/C14H17NO4/c1-8-4-5-10(19-3)14-13(8)9(7-12(17)18)6-11(16)15(14)2/h4-5,9H,6-7H2,1-3H3,(H,17,18). The summed E-state index contributed by atoms with van der Waals surface area (Å²) in [5, 5.41) is 9.00. The number of rotatable bonds is 3. The molecule has 102 valence electrons. The van der Waals surface area contributed by atoms with Crippen molar-refractivity contribution in [1.29, 1.82) is 0 Å². The van der Waals surface area contributed by atoms with Crippen molar-refractivity contribution in [2.24, 2.45) is 0 Å². The van der Waals surface area contributed by atoms with Crippen LogP contribution in [0.15, 0.2) is 12.1 Å². The fourth-order valence-electron chi connectivity index (χ4n) is 2.67. The van der Waals surface area contributed by atoms with Gasteiger partial charge in [0.25, 0.3) is 0 Å². The van der Waals surface area contributed by atoms with Crippen molar-refractivity contribution in [1.82, 2.24) is 0 Å². The Balaban J connectivity index is 2.61. The first-order chi connectivity index (χ1) is 8.95. The monoisotopic (exact) mass is 263 g/mol. The number of hydrogen-bond acceptors (Lipinski definition) is 3. The molecule has 0 aliphatic carbocycles. The zero-order valence-electron chi connectivity index (χ0n) is 11.3. The third kappa shape index (κ3) is 2.28. The number of carbonyl (C=O) groups is 2. The van der Waals surface area contributed by atoms with Crippen molar-refractivity contribution < 1.29 is 19.4 Å². The Morgan fingerprint density at radius 2 is 2.21 bits per heavy atom. The Morgan fingerprint density at radius 1 is 1.53 bits per heavy atom. The van der Waals surface area contributed by atoms with Gasteiger partial charge >= 0.3 is 5.97 Å². The van der Waals surface area contributed by atoms with E-state index in [0.717, 1.165) is 11.1 Å². The van der Waals surface area contributed by atoms with E-state index in [1.165, 1.54) is 0 Å². The van der Waals surface area contributed by atoms with Gasteiger partial charge < -0.3 is 14.7 Å². The molecule has 2 rings (SSSR count). The first-order valence-electron chi connectivity index (χ1n) is 6.11. The van der Waals surface area contributed by atoms with Crippen molar-refractivity contribution >= 4 is 17.6 Å². The number of amides is 1. The SMILES string of the molecule is COc1ccc(C)c2c1N(C)C(=O)CC2CC(=O)O. The average Bonchev–Trinajstić information content (AvgIpc) is 2.34. The highest BCUT2D eigenvalue weighted by Gasteiger charge is 2.34. The first-order valence-corrected chi connectivity index (χ1v) is 6.11. The lowest BCUT2D eigenvalue weighted by Crippen LogP contribution is -2.34. The first kappa shape index (κ1) is 13.4. The number of fused-ring (bicyclic) bond motifs is 1. The zero-order chi connectivity index (χ0) is 14.2. The maximum absolute atomic E-state index is 12.0. The van der Waals surface area contributed by atoms with Crippen LogP contribution in [0.2, 0.25) is 0 Å². The summed E-state index contributed by atoms with van der Waals surface area (Å²) in [4.78, 5) is 24.5. The van der Waals surface area contributed by atoms with Crippen LogP contribution in [0.4, 0.5) is 5.69 Å².